The van der Waals surface area contributed by atoms with Crippen LogP contribution in [0.2, 0.25) is 0 Å². The van der Waals surface area contributed by atoms with Crippen molar-refractivity contribution in [1.29, 1.82) is 0 Å². The summed E-state index contributed by atoms with van der Waals surface area (Å²) < 4.78 is 12.4. The van der Waals surface area contributed by atoms with E-state index in [1.165, 1.54) is 4.90 Å². The molecule has 2 atom stereocenters. The number of hydrogen-bond acceptors (Lipinski definition) is 4. The number of esters is 1. The summed E-state index contributed by atoms with van der Waals surface area (Å²) in [5.74, 6) is -0.753. The highest BCUT2D eigenvalue weighted by atomic mass is 127. The van der Waals surface area contributed by atoms with E-state index in [2.05, 4.69) is 22.6 Å². The first-order chi connectivity index (χ1) is 16.4. The summed E-state index contributed by atoms with van der Waals surface area (Å²) >= 11 is 2.23. The Morgan fingerprint density at radius 1 is 0.824 bits per heavy atom. The van der Waals surface area contributed by atoms with Gasteiger partial charge in [-0.1, -0.05) is 97.9 Å². The number of halogens is 1. The van der Waals surface area contributed by atoms with E-state index in [1.54, 1.807) is 6.92 Å². The fourth-order valence-corrected chi connectivity index (χ4v) is 5.21. The Morgan fingerprint density at radius 2 is 1.29 bits per heavy atom. The van der Waals surface area contributed by atoms with Crippen LogP contribution < -0.4 is 0 Å². The standard InChI is InChI=1S/C28H26INO4/c1-20-24(29)25(23-16-10-5-11-17-23)30(27(32)34-19-22-14-8-4-9-15-22)28(20,2)26(31)33-18-21-12-6-3-7-13-21/h3-17,20H,18-19H2,1-2H3/t20-,28+/m1/s1. The molecule has 34 heavy (non-hydrogen) atoms. The van der Waals surface area contributed by atoms with Crippen LogP contribution in [0.4, 0.5) is 4.79 Å². The number of ether oxygens (including phenoxy) is 2. The largest absolute Gasteiger partial charge is 0.459 e. The zero-order valence-electron chi connectivity index (χ0n) is 19.1. The summed E-state index contributed by atoms with van der Waals surface area (Å²) in [6.07, 6.45) is -0.583. The van der Waals surface area contributed by atoms with E-state index < -0.39 is 17.6 Å². The molecule has 0 aliphatic carbocycles. The van der Waals surface area contributed by atoms with E-state index in [0.29, 0.717) is 5.70 Å². The van der Waals surface area contributed by atoms with Gasteiger partial charge in [0.25, 0.3) is 0 Å². The van der Waals surface area contributed by atoms with Crippen molar-refractivity contribution in [3.63, 3.8) is 0 Å². The first-order valence-corrected chi connectivity index (χ1v) is 12.2. The predicted molar refractivity (Wildman–Crippen MR) is 140 cm³/mol. The smallest absolute Gasteiger partial charge is 0.415 e. The predicted octanol–water partition coefficient (Wildman–Crippen LogP) is 6.58. The Balaban J connectivity index is 1.65. The summed E-state index contributed by atoms with van der Waals surface area (Å²) in [6.45, 7) is 3.94. The molecule has 0 N–H and O–H groups in total. The van der Waals surface area contributed by atoms with Gasteiger partial charge in [0, 0.05) is 9.50 Å². The van der Waals surface area contributed by atoms with E-state index in [1.807, 2.05) is 97.9 Å². The first kappa shape index (κ1) is 24.0. The van der Waals surface area contributed by atoms with Crippen LogP contribution in [0.15, 0.2) is 94.6 Å². The lowest BCUT2D eigenvalue weighted by Crippen LogP contribution is -2.55. The molecule has 1 heterocycles. The van der Waals surface area contributed by atoms with Gasteiger partial charge in [-0.25, -0.2) is 9.59 Å². The van der Waals surface area contributed by atoms with Gasteiger partial charge in [0.1, 0.15) is 13.2 Å². The highest BCUT2D eigenvalue weighted by Crippen LogP contribution is 2.49. The lowest BCUT2D eigenvalue weighted by Gasteiger charge is -2.36. The lowest BCUT2D eigenvalue weighted by atomic mass is 9.88. The second-order valence-corrected chi connectivity index (χ2v) is 9.53. The van der Waals surface area contributed by atoms with Gasteiger partial charge in [-0.05, 0) is 46.2 Å². The van der Waals surface area contributed by atoms with Crippen molar-refractivity contribution in [3.05, 3.63) is 111 Å². The van der Waals surface area contributed by atoms with Gasteiger partial charge in [0.2, 0.25) is 0 Å². The molecular formula is C28H26INO4. The fraction of sp³-hybridized carbons (Fsp3) is 0.214. The summed E-state index contributed by atoms with van der Waals surface area (Å²) in [4.78, 5) is 28.6. The number of nitrogens with zero attached hydrogens (tertiary/aromatic N) is 1. The maximum atomic E-state index is 13.6. The third-order valence-corrected chi connectivity index (χ3v) is 7.64. The molecule has 4 rings (SSSR count). The van der Waals surface area contributed by atoms with E-state index in [-0.39, 0.29) is 19.1 Å². The minimum atomic E-state index is -1.26. The molecule has 3 aromatic carbocycles. The average Bonchev–Trinajstić information content (AvgIpc) is 3.09. The van der Waals surface area contributed by atoms with E-state index in [9.17, 15) is 9.59 Å². The van der Waals surface area contributed by atoms with Gasteiger partial charge in [-0.2, -0.15) is 0 Å². The summed E-state index contributed by atoms with van der Waals surface area (Å²) in [5, 5.41) is 0. The molecule has 1 amide bonds. The van der Waals surface area contributed by atoms with Gasteiger partial charge < -0.3 is 9.47 Å². The summed E-state index contributed by atoms with van der Waals surface area (Å²) in [5.41, 5.74) is 2.01. The van der Waals surface area contributed by atoms with Crippen molar-refractivity contribution < 1.29 is 19.1 Å². The Kier molecular flexibility index (Phi) is 7.36. The Labute approximate surface area is 213 Å². The molecule has 0 spiro atoms. The SMILES string of the molecule is C[C@@H]1C(I)=C(c2ccccc2)N(C(=O)OCc2ccccc2)[C@]1(C)C(=O)OCc1ccccc1. The van der Waals surface area contributed by atoms with Crippen LogP contribution in [-0.4, -0.2) is 22.5 Å². The lowest BCUT2D eigenvalue weighted by molar-refractivity contribution is -0.157. The van der Waals surface area contributed by atoms with Crippen LogP contribution in [0.25, 0.3) is 5.70 Å². The highest BCUT2D eigenvalue weighted by Gasteiger charge is 2.57. The van der Waals surface area contributed by atoms with Crippen molar-refractivity contribution in [1.82, 2.24) is 4.90 Å². The minimum Gasteiger partial charge on any atom is -0.459 e. The Morgan fingerprint density at radius 3 is 1.82 bits per heavy atom. The maximum absolute atomic E-state index is 13.6. The van der Waals surface area contributed by atoms with Crippen molar-refractivity contribution in [2.45, 2.75) is 32.6 Å². The minimum absolute atomic E-state index is 0.109. The molecule has 174 valence electrons. The average molecular weight is 567 g/mol. The zero-order valence-corrected chi connectivity index (χ0v) is 21.3. The monoisotopic (exact) mass is 567 g/mol. The van der Waals surface area contributed by atoms with Crippen LogP contribution in [0, 0.1) is 5.92 Å². The van der Waals surface area contributed by atoms with Crippen LogP contribution in [-0.2, 0) is 27.5 Å². The molecule has 0 aromatic heterocycles. The van der Waals surface area contributed by atoms with Crippen molar-refractivity contribution >= 4 is 40.4 Å². The summed E-state index contributed by atoms with van der Waals surface area (Å²) in [6, 6.07) is 28.6. The zero-order chi connectivity index (χ0) is 24.1. The first-order valence-electron chi connectivity index (χ1n) is 11.1. The maximum Gasteiger partial charge on any atom is 0.415 e. The second-order valence-electron chi connectivity index (χ2n) is 8.37. The van der Waals surface area contributed by atoms with Crippen LogP contribution in [0.5, 0.6) is 0 Å². The van der Waals surface area contributed by atoms with E-state index >= 15 is 0 Å². The number of carbonyl (C=O) groups excluding carboxylic acids is 2. The van der Waals surface area contributed by atoms with Crippen LogP contribution in [0.3, 0.4) is 0 Å². The summed E-state index contributed by atoms with van der Waals surface area (Å²) in [7, 11) is 0. The molecule has 0 fully saturated rings. The molecule has 6 heteroatoms. The third-order valence-electron chi connectivity index (χ3n) is 6.20. The van der Waals surface area contributed by atoms with Gasteiger partial charge in [0.15, 0.2) is 5.54 Å². The molecule has 1 aliphatic heterocycles. The molecule has 0 saturated heterocycles. The van der Waals surface area contributed by atoms with E-state index in [4.69, 9.17) is 9.47 Å². The van der Waals surface area contributed by atoms with Crippen LogP contribution in [0.1, 0.15) is 30.5 Å². The number of hydrogen-bond donors (Lipinski definition) is 0. The number of rotatable bonds is 6. The topological polar surface area (TPSA) is 55.8 Å². The molecular weight excluding hydrogens is 541 g/mol. The highest BCUT2D eigenvalue weighted by molar-refractivity contribution is 14.1. The Bertz CT molecular complexity index is 1180. The molecule has 5 nitrogen and oxygen atoms in total. The Hall–Kier alpha value is -3.13. The number of amides is 1. The van der Waals surface area contributed by atoms with Crippen molar-refractivity contribution in [3.8, 4) is 0 Å². The molecule has 1 aliphatic rings. The van der Waals surface area contributed by atoms with Gasteiger partial charge >= 0.3 is 12.1 Å². The van der Waals surface area contributed by atoms with Gasteiger partial charge in [-0.3, -0.25) is 4.90 Å². The number of carbonyl (C=O) groups is 2. The van der Waals surface area contributed by atoms with Crippen molar-refractivity contribution in [2.75, 3.05) is 0 Å². The quantitative estimate of drug-likeness (QED) is 0.250. The van der Waals surface area contributed by atoms with Crippen LogP contribution >= 0.6 is 22.6 Å². The van der Waals surface area contributed by atoms with Gasteiger partial charge in [0.05, 0.1) is 5.70 Å². The molecule has 0 radical (unpaired) electrons. The normalized spacial score (nSPS) is 19.7. The molecule has 0 unspecified atom stereocenters. The molecule has 3 aromatic rings. The third kappa shape index (κ3) is 4.73. The van der Waals surface area contributed by atoms with Gasteiger partial charge in [-0.15, -0.1) is 0 Å². The number of benzene rings is 3. The fourth-order valence-electron chi connectivity index (χ4n) is 4.05. The molecule has 0 saturated carbocycles. The van der Waals surface area contributed by atoms with Crippen molar-refractivity contribution in [2.24, 2.45) is 5.92 Å². The molecule has 0 bridgehead atoms. The van der Waals surface area contributed by atoms with E-state index in [0.717, 1.165) is 20.3 Å². The second kappa shape index (κ2) is 10.4.